The molecule has 0 aliphatic heterocycles. The van der Waals surface area contributed by atoms with E-state index in [1.807, 2.05) is 20.8 Å². The van der Waals surface area contributed by atoms with Crippen molar-refractivity contribution in [3.63, 3.8) is 0 Å². The number of ketones is 1. The molecular weight excluding hydrogens is 174 g/mol. The molecule has 2 unspecified atom stereocenters. The van der Waals surface area contributed by atoms with Crippen LogP contribution in [0.25, 0.3) is 0 Å². The summed E-state index contributed by atoms with van der Waals surface area (Å²) in [6, 6.07) is 0.126. The lowest BCUT2D eigenvalue weighted by molar-refractivity contribution is -0.127. The highest BCUT2D eigenvalue weighted by atomic mass is 16.1. The summed E-state index contributed by atoms with van der Waals surface area (Å²) in [4.78, 5) is 11.7. The summed E-state index contributed by atoms with van der Waals surface area (Å²) in [7, 11) is 0. The molecule has 2 nitrogen and oxygen atoms in total. The highest BCUT2D eigenvalue weighted by molar-refractivity contribution is 5.83. The van der Waals surface area contributed by atoms with Gasteiger partial charge in [-0.1, -0.05) is 41.5 Å². The summed E-state index contributed by atoms with van der Waals surface area (Å²) in [5.74, 6) is 1.03. The van der Waals surface area contributed by atoms with Crippen LogP contribution in [0, 0.1) is 17.3 Å². The van der Waals surface area contributed by atoms with Crippen molar-refractivity contribution in [3.8, 4) is 0 Å². The summed E-state index contributed by atoms with van der Waals surface area (Å²) in [5, 5.41) is 0. The van der Waals surface area contributed by atoms with Crippen LogP contribution in [0.4, 0.5) is 0 Å². The second kappa shape index (κ2) is 4.92. The van der Waals surface area contributed by atoms with Crippen molar-refractivity contribution in [2.75, 3.05) is 0 Å². The fourth-order valence-corrected chi connectivity index (χ4v) is 1.39. The molecule has 0 radical (unpaired) electrons. The van der Waals surface area contributed by atoms with Crippen molar-refractivity contribution < 1.29 is 4.79 Å². The Balaban J connectivity index is 4.20. The van der Waals surface area contributed by atoms with Crippen LogP contribution in [-0.2, 0) is 4.79 Å². The summed E-state index contributed by atoms with van der Waals surface area (Å²) >= 11 is 0. The van der Waals surface area contributed by atoms with Crippen molar-refractivity contribution >= 4 is 5.78 Å². The smallest absolute Gasteiger partial charge is 0.138 e. The Morgan fingerprint density at radius 3 is 1.93 bits per heavy atom. The molecule has 0 aliphatic rings. The lowest BCUT2D eigenvalue weighted by atomic mass is 9.81. The van der Waals surface area contributed by atoms with Crippen LogP contribution in [-0.4, -0.2) is 11.8 Å². The predicted molar refractivity (Wildman–Crippen MR) is 61.1 cm³/mol. The molecular formula is C12H25NO. The first-order valence-electron chi connectivity index (χ1n) is 5.45. The van der Waals surface area contributed by atoms with E-state index in [1.165, 1.54) is 0 Å². The third-order valence-corrected chi connectivity index (χ3v) is 2.77. The van der Waals surface area contributed by atoms with Crippen LogP contribution < -0.4 is 5.73 Å². The van der Waals surface area contributed by atoms with Crippen LogP contribution >= 0.6 is 0 Å². The van der Waals surface area contributed by atoms with Crippen molar-refractivity contribution in [3.05, 3.63) is 0 Å². The van der Waals surface area contributed by atoms with Crippen LogP contribution in [0.1, 0.15) is 48.0 Å². The molecule has 0 saturated heterocycles. The van der Waals surface area contributed by atoms with Crippen molar-refractivity contribution in [2.24, 2.45) is 23.0 Å². The number of hydrogen-bond donors (Lipinski definition) is 1. The lowest BCUT2D eigenvalue weighted by Gasteiger charge is -2.25. The number of carbonyl (C=O) groups excluding carboxylic acids is 1. The van der Waals surface area contributed by atoms with Crippen LogP contribution in [0.3, 0.4) is 0 Å². The number of carbonyl (C=O) groups is 1. The lowest BCUT2D eigenvalue weighted by Crippen LogP contribution is -2.36. The van der Waals surface area contributed by atoms with E-state index in [0.717, 1.165) is 0 Å². The van der Waals surface area contributed by atoms with E-state index in [2.05, 4.69) is 20.8 Å². The molecule has 84 valence electrons. The standard InChI is InChI=1S/C12H25NO/c1-8(2)11(13)9(3)7-10(14)12(4,5)6/h8-9,11H,7,13H2,1-6H3. The monoisotopic (exact) mass is 199 g/mol. The van der Waals surface area contributed by atoms with Gasteiger partial charge < -0.3 is 5.73 Å². The number of rotatable bonds is 4. The molecule has 0 amide bonds. The third-order valence-electron chi connectivity index (χ3n) is 2.77. The first-order valence-corrected chi connectivity index (χ1v) is 5.45. The van der Waals surface area contributed by atoms with E-state index in [1.54, 1.807) is 0 Å². The molecule has 0 rings (SSSR count). The second-order valence-electron chi connectivity index (χ2n) is 5.68. The fourth-order valence-electron chi connectivity index (χ4n) is 1.39. The topological polar surface area (TPSA) is 43.1 Å². The number of nitrogens with two attached hydrogens (primary N) is 1. The molecule has 0 saturated carbocycles. The minimum Gasteiger partial charge on any atom is -0.327 e. The zero-order valence-corrected chi connectivity index (χ0v) is 10.4. The Bertz CT molecular complexity index is 191. The van der Waals surface area contributed by atoms with E-state index in [0.29, 0.717) is 18.1 Å². The van der Waals surface area contributed by atoms with Crippen molar-refractivity contribution in [1.82, 2.24) is 0 Å². The Morgan fingerprint density at radius 1 is 1.21 bits per heavy atom. The average Bonchev–Trinajstić information content (AvgIpc) is 2.00. The van der Waals surface area contributed by atoms with Gasteiger partial charge >= 0.3 is 0 Å². The zero-order valence-electron chi connectivity index (χ0n) is 10.4. The number of Topliss-reactive ketones (excluding diaryl/α,β-unsaturated/α-hetero) is 1. The van der Waals surface area contributed by atoms with Crippen molar-refractivity contribution in [2.45, 2.75) is 54.0 Å². The molecule has 0 fully saturated rings. The van der Waals surface area contributed by atoms with Gasteiger partial charge in [0, 0.05) is 17.9 Å². The Morgan fingerprint density at radius 2 is 1.64 bits per heavy atom. The van der Waals surface area contributed by atoms with Gasteiger partial charge in [-0.05, 0) is 11.8 Å². The molecule has 0 bridgehead atoms. The van der Waals surface area contributed by atoms with Gasteiger partial charge in [0.05, 0.1) is 0 Å². The fraction of sp³-hybridized carbons (Fsp3) is 0.917. The van der Waals surface area contributed by atoms with Gasteiger partial charge in [0.2, 0.25) is 0 Å². The van der Waals surface area contributed by atoms with Gasteiger partial charge in [0.15, 0.2) is 0 Å². The molecule has 2 atom stereocenters. The molecule has 0 aliphatic carbocycles. The van der Waals surface area contributed by atoms with Gasteiger partial charge in [-0.25, -0.2) is 0 Å². The van der Waals surface area contributed by atoms with E-state index < -0.39 is 0 Å². The SMILES string of the molecule is CC(C)C(N)C(C)CC(=O)C(C)(C)C. The summed E-state index contributed by atoms with van der Waals surface area (Å²) in [5.41, 5.74) is 5.77. The van der Waals surface area contributed by atoms with E-state index in [4.69, 9.17) is 5.73 Å². The zero-order chi connectivity index (χ0) is 11.5. The van der Waals surface area contributed by atoms with Crippen molar-refractivity contribution in [1.29, 1.82) is 0 Å². The summed E-state index contributed by atoms with van der Waals surface area (Å²) in [6.07, 6.45) is 0.600. The quantitative estimate of drug-likeness (QED) is 0.756. The number of hydrogen-bond acceptors (Lipinski definition) is 2. The first-order chi connectivity index (χ1) is 6.16. The van der Waals surface area contributed by atoms with Gasteiger partial charge in [0.25, 0.3) is 0 Å². The highest BCUT2D eigenvalue weighted by Gasteiger charge is 2.26. The third kappa shape index (κ3) is 4.23. The highest BCUT2D eigenvalue weighted by Crippen LogP contribution is 2.22. The minimum atomic E-state index is -0.231. The van der Waals surface area contributed by atoms with Gasteiger partial charge in [-0.3, -0.25) is 4.79 Å². The van der Waals surface area contributed by atoms with E-state index in [9.17, 15) is 4.79 Å². The summed E-state index contributed by atoms with van der Waals surface area (Å²) in [6.45, 7) is 12.1. The van der Waals surface area contributed by atoms with Gasteiger partial charge in [0.1, 0.15) is 5.78 Å². The van der Waals surface area contributed by atoms with Gasteiger partial charge in [-0.2, -0.15) is 0 Å². The first kappa shape index (κ1) is 13.6. The maximum absolute atomic E-state index is 11.7. The Labute approximate surface area is 88.3 Å². The largest absolute Gasteiger partial charge is 0.327 e. The molecule has 0 aromatic heterocycles. The molecule has 0 heterocycles. The Kier molecular flexibility index (Phi) is 4.79. The molecule has 2 heteroatoms. The second-order valence-corrected chi connectivity index (χ2v) is 5.68. The minimum absolute atomic E-state index is 0.126. The molecule has 2 N–H and O–H groups in total. The molecule has 0 aromatic carbocycles. The maximum atomic E-state index is 11.7. The molecule has 0 spiro atoms. The molecule has 14 heavy (non-hydrogen) atoms. The van der Waals surface area contributed by atoms with E-state index in [-0.39, 0.29) is 17.4 Å². The summed E-state index contributed by atoms with van der Waals surface area (Å²) < 4.78 is 0. The predicted octanol–water partition coefficient (Wildman–Crippen LogP) is 2.61. The molecule has 0 aromatic rings. The normalized spacial score (nSPS) is 16.9. The van der Waals surface area contributed by atoms with Gasteiger partial charge in [-0.15, -0.1) is 0 Å². The van der Waals surface area contributed by atoms with Crippen LogP contribution in [0.5, 0.6) is 0 Å². The average molecular weight is 199 g/mol. The Hall–Kier alpha value is -0.370. The van der Waals surface area contributed by atoms with Crippen LogP contribution in [0.15, 0.2) is 0 Å². The van der Waals surface area contributed by atoms with Crippen LogP contribution in [0.2, 0.25) is 0 Å². The van der Waals surface area contributed by atoms with E-state index >= 15 is 0 Å². The maximum Gasteiger partial charge on any atom is 0.138 e.